The number of hydrogen-bond acceptors (Lipinski definition) is 5. The van der Waals surface area contributed by atoms with E-state index in [4.69, 9.17) is 12.2 Å². The van der Waals surface area contributed by atoms with Crippen LogP contribution >= 0.6 is 23.6 Å². The van der Waals surface area contributed by atoms with Crippen LogP contribution in [0.25, 0.3) is 10.2 Å². The van der Waals surface area contributed by atoms with Crippen molar-refractivity contribution in [2.24, 2.45) is 0 Å². The average Bonchev–Trinajstić information content (AvgIpc) is 3.11. The molecule has 3 heterocycles. The Balaban J connectivity index is 1.86. The third-order valence-corrected chi connectivity index (χ3v) is 5.37. The molecule has 0 aromatic carbocycles. The fourth-order valence-electron chi connectivity index (χ4n) is 2.52. The molecule has 26 heavy (non-hydrogen) atoms. The number of amides is 1. The number of aryl methyl sites for hydroxylation is 1. The number of alkyl halides is 3. The minimum absolute atomic E-state index is 0.148. The Morgan fingerprint density at radius 3 is 2.81 bits per heavy atom. The number of rotatable bonds is 4. The molecule has 0 aliphatic carbocycles. The SMILES string of the molecule is CCn1c(CNC(=O)c2sc3nc(C(F)(F)F)ccc3c2C)n[nH]c1=S. The Morgan fingerprint density at radius 1 is 1.42 bits per heavy atom. The smallest absolute Gasteiger partial charge is 0.344 e. The van der Waals surface area contributed by atoms with E-state index in [1.54, 1.807) is 11.5 Å². The van der Waals surface area contributed by atoms with Crippen LogP contribution in [0.15, 0.2) is 12.1 Å². The van der Waals surface area contributed by atoms with Crippen molar-refractivity contribution in [3.8, 4) is 0 Å². The van der Waals surface area contributed by atoms with Gasteiger partial charge in [-0.1, -0.05) is 0 Å². The molecule has 0 bridgehead atoms. The van der Waals surface area contributed by atoms with E-state index in [-0.39, 0.29) is 11.4 Å². The molecule has 0 unspecified atom stereocenters. The maximum atomic E-state index is 12.8. The van der Waals surface area contributed by atoms with Crippen molar-refractivity contribution < 1.29 is 18.0 Å². The first-order chi connectivity index (χ1) is 12.2. The van der Waals surface area contributed by atoms with Gasteiger partial charge in [-0.05, 0) is 43.8 Å². The molecule has 138 valence electrons. The fraction of sp³-hybridized carbons (Fsp3) is 0.333. The molecule has 0 aliphatic heterocycles. The van der Waals surface area contributed by atoms with E-state index >= 15 is 0 Å². The number of nitrogens with one attached hydrogen (secondary N) is 2. The Hall–Kier alpha value is -2.27. The summed E-state index contributed by atoms with van der Waals surface area (Å²) in [5, 5.41) is 9.96. The third-order valence-electron chi connectivity index (χ3n) is 3.86. The zero-order valence-corrected chi connectivity index (χ0v) is 15.4. The summed E-state index contributed by atoms with van der Waals surface area (Å²) < 4.78 is 40.6. The number of aromatic amines is 1. The third kappa shape index (κ3) is 3.36. The van der Waals surface area contributed by atoms with Gasteiger partial charge in [-0.25, -0.2) is 4.98 Å². The lowest BCUT2D eigenvalue weighted by Crippen LogP contribution is -2.24. The van der Waals surface area contributed by atoms with E-state index in [1.165, 1.54) is 6.07 Å². The zero-order chi connectivity index (χ0) is 19.1. The van der Waals surface area contributed by atoms with Gasteiger partial charge in [0.05, 0.1) is 11.4 Å². The Kier molecular flexibility index (Phi) is 4.84. The van der Waals surface area contributed by atoms with Gasteiger partial charge in [0.1, 0.15) is 10.5 Å². The number of carbonyl (C=O) groups excluding carboxylic acids is 1. The fourth-order valence-corrected chi connectivity index (χ4v) is 3.90. The highest BCUT2D eigenvalue weighted by Gasteiger charge is 2.33. The second kappa shape index (κ2) is 6.80. The maximum Gasteiger partial charge on any atom is 0.433 e. The van der Waals surface area contributed by atoms with Crippen molar-refractivity contribution in [1.29, 1.82) is 0 Å². The van der Waals surface area contributed by atoms with E-state index in [0.29, 0.717) is 33.0 Å². The average molecular weight is 401 g/mol. The number of thiophene rings is 1. The van der Waals surface area contributed by atoms with Gasteiger partial charge in [-0.2, -0.15) is 18.3 Å². The normalized spacial score (nSPS) is 11.9. The number of nitrogens with zero attached hydrogens (tertiary/aromatic N) is 3. The summed E-state index contributed by atoms with van der Waals surface area (Å²) in [6.45, 7) is 4.34. The number of fused-ring (bicyclic) bond motifs is 1. The largest absolute Gasteiger partial charge is 0.433 e. The van der Waals surface area contributed by atoms with Crippen LogP contribution in [0.3, 0.4) is 0 Å². The molecule has 0 atom stereocenters. The molecule has 0 saturated heterocycles. The van der Waals surface area contributed by atoms with E-state index in [9.17, 15) is 18.0 Å². The first-order valence-electron chi connectivity index (χ1n) is 7.62. The van der Waals surface area contributed by atoms with Crippen LogP contribution in [-0.2, 0) is 19.3 Å². The first-order valence-corrected chi connectivity index (χ1v) is 8.84. The van der Waals surface area contributed by atoms with Crippen molar-refractivity contribution in [3.63, 3.8) is 0 Å². The summed E-state index contributed by atoms with van der Waals surface area (Å²) in [6.07, 6.45) is -4.52. The molecule has 0 saturated carbocycles. The van der Waals surface area contributed by atoms with Crippen LogP contribution in [0.1, 0.15) is 33.7 Å². The lowest BCUT2D eigenvalue weighted by atomic mass is 10.2. The molecule has 0 fully saturated rings. The van der Waals surface area contributed by atoms with E-state index in [0.717, 1.165) is 17.4 Å². The predicted molar refractivity (Wildman–Crippen MR) is 93.6 cm³/mol. The van der Waals surface area contributed by atoms with E-state index in [2.05, 4.69) is 20.5 Å². The quantitative estimate of drug-likeness (QED) is 0.652. The van der Waals surface area contributed by atoms with Crippen molar-refractivity contribution in [2.45, 2.75) is 33.1 Å². The number of pyridine rings is 1. The maximum absolute atomic E-state index is 12.8. The Labute approximate surface area is 155 Å². The second-order valence-corrected chi connectivity index (χ2v) is 6.86. The summed E-state index contributed by atoms with van der Waals surface area (Å²) in [5.41, 5.74) is -0.380. The molecular formula is C15H14F3N5OS2. The summed E-state index contributed by atoms with van der Waals surface area (Å²) >= 11 is 6.02. The highest BCUT2D eigenvalue weighted by Crippen LogP contribution is 2.34. The van der Waals surface area contributed by atoms with Crippen molar-refractivity contribution in [2.75, 3.05) is 0 Å². The molecule has 6 nitrogen and oxygen atoms in total. The van der Waals surface area contributed by atoms with Crippen LogP contribution in [0, 0.1) is 11.7 Å². The second-order valence-electron chi connectivity index (χ2n) is 5.48. The van der Waals surface area contributed by atoms with Crippen LogP contribution in [-0.4, -0.2) is 25.7 Å². The van der Waals surface area contributed by atoms with Crippen LogP contribution < -0.4 is 5.32 Å². The number of halogens is 3. The number of H-pyrrole nitrogens is 1. The molecule has 3 rings (SSSR count). The highest BCUT2D eigenvalue weighted by atomic mass is 32.1. The summed E-state index contributed by atoms with van der Waals surface area (Å²) in [5.74, 6) is 0.178. The Bertz CT molecular complexity index is 1030. The lowest BCUT2D eigenvalue weighted by molar-refractivity contribution is -0.140. The van der Waals surface area contributed by atoms with Crippen LogP contribution in [0.5, 0.6) is 0 Å². The summed E-state index contributed by atoms with van der Waals surface area (Å²) in [6, 6.07) is 2.26. The van der Waals surface area contributed by atoms with Gasteiger partial charge in [0, 0.05) is 11.9 Å². The molecule has 0 spiro atoms. The number of carbonyl (C=O) groups is 1. The molecule has 0 radical (unpaired) electrons. The van der Waals surface area contributed by atoms with E-state index < -0.39 is 17.8 Å². The van der Waals surface area contributed by atoms with Gasteiger partial charge in [0.2, 0.25) is 0 Å². The molecule has 3 aromatic rings. The number of aromatic nitrogens is 4. The molecule has 2 N–H and O–H groups in total. The summed E-state index contributed by atoms with van der Waals surface area (Å²) in [7, 11) is 0. The molecular weight excluding hydrogens is 387 g/mol. The molecule has 1 amide bonds. The van der Waals surface area contributed by atoms with Crippen LogP contribution in [0.2, 0.25) is 0 Å². The topological polar surface area (TPSA) is 75.6 Å². The minimum atomic E-state index is -4.52. The van der Waals surface area contributed by atoms with Crippen LogP contribution in [0.4, 0.5) is 13.2 Å². The van der Waals surface area contributed by atoms with Gasteiger partial charge in [0.15, 0.2) is 10.6 Å². The number of hydrogen-bond donors (Lipinski definition) is 2. The highest BCUT2D eigenvalue weighted by molar-refractivity contribution is 7.71. The molecule has 11 heteroatoms. The Morgan fingerprint density at radius 2 is 2.15 bits per heavy atom. The van der Waals surface area contributed by atoms with Crippen molar-refractivity contribution in [3.05, 3.63) is 38.9 Å². The summed E-state index contributed by atoms with van der Waals surface area (Å²) in [4.78, 5) is 16.6. The minimum Gasteiger partial charge on any atom is -0.344 e. The van der Waals surface area contributed by atoms with Crippen molar-refractivity contribution >= 4 is 39.7 Å². The first kappa shape index (κ1) is 18.5. The lowest BCUT2D eigenvalue weighted by Gasteiger charge is -2.05. The van der Waals surface area contributed by atoms with E-state index in [1.807, 2.05) is 6.92 Å². The van der Waals surface area contributed by atoms with Gasteiger partial charge in [0.25, 0.3) is 5.91 Å². The van der Waals surface area contributed by atoms with Gasteiger partial charge >= 0.3 is 6.18 Å². The van der Waals surface area contributed by atoms with Crippen molar-refractivity contribution in [1.82, 2.24) is 25.1 Å². The van der Waals surface area contributed by atoms with Gasteiger partial charge < -0.3 is 9.88 Å². The zero-order valence-electron chi connectivity index (χ0n) is 13.8. The molecule has 3 aromatic heterocycles. The van der Waals surface area contributed by atoms with Gasteiger partial charge in [-0.3, -0.25) is 9.89 Å². The monoisotopic (exact) mass is 401 g/mol. The predicted octanol–water partition coefficient (Wildman–Crippen LogP) is 3.83. The molecule has 0 aliphatic rings. The van der Waals surface area contributed by atoms with Gasteiger partial charge in [-0.15, -0.1) is 11.3 Å². The standard InChI is InChI=1S/C15H14F3N5OS2/c1-3-23-10(21-22-14(23)25)6-19-12(24)11-7(2)8-4-5-9(15(16,17)18)20-13(8)26-11/h4-5H,3,6H2,1-2H3,(H,19,24)(H,22,25).